The maximum absolute atomic E-state index is 13.0. The number of carbonyl (C=O) groups is 3. The lowest BCUT2D eigenvalue weighted by Crippen LogP contribution is -2.46. The summed E-state index contributed by atoms with van der Waals surface area (Å²) in [5.74, 6) is -1.07. The number of hydrogen-bond donors (Lipinski definition) is 2. The molecule has 0 saturated carbocycles. The molecule has 0 spiro atoms. The first-order chi connectivity index (χ1) is 16.1. The average molecular weight is 467 g/mol. The average Bonchev–Trinajstić information content (AvgIpc) is 3.11. The van der Waals surface area contributed by atoms with Gasteiger partial charge in [-0.1, -0.05) is 62.4 Å². The van der Waals surface area contributed by atoms with Crippen molar-refractivity contribution in [3.63, 3.8) is 0 Å². The molecule has 0 atom stereocenters. The molecule has 7 heteroatoms. The van der Waals surface area contributed by atoms with E-state index < -0.39 is 17.5 Å². The summed E-state index contributed by atoms with van der Waals surface area (Å²) in [5.41, 5.74) is 3.89. The SMILES string of the molecule is CC(C)N(CCC(=O)O)C(=O)C(C)(C)CCNC(=O)OCC1c2ccccc2-c2ccccc21. The molecule has 182 valence electrons. The zero-order valence-electron chi connectivity index (χ0n) is 20.3. The largest absolute Gasteiger partial charge is 0.481 e. The molecular weight excluding hydrogens is 432 g/mol. The van der Waals surface area contributed by atoms with Crippen LogP contribution in [-0.2, 0) is 14.3 Å². The molecule has 3 rings (SSSR count). The third-order valence-electron chi connectivity index (χ3n) is 6.39. The van der Waals surface area contributed by atoms with E-state index in [0.717, 1.165) is 11.1 Å². The van der Waals surface area contributed by atoms with Gasteiger partial charge in [0, 0.05) is 30.5 Å². The molecule has 1 aliphatic rings. The predicted octanol–water partition coefficient (Wildman–Crippen LogP) is 4.65. The van der Waals surface area contributed by atoms with Crippen LogP contribution < -0.4 is 5.32 Å². The van der Waals surface area contributed by atoms with Crippen molar-refractivity contribution in [3.8, 4) is 11.1 Å². The molecule has 0 saturated heterocycles. The van der Waals surface area contributed by atoms with E-state index in [1.807, 2.05) is 52.0 Å². The van der Waals surface area contributed by atoms with E-state index in [4.69, 9.17) is 9.84 Å². The normalized spacial score (nSPS) is 12.7. The summed E-state index contributed by atoms with van der Waals surface area (Å²) < 4.78 is 5.55. The Kier molecular flexibility index (Phi) is 7.97. The topological polar surface area (TPSA) is 95.9 Å². The van der Waals surface area contributed by atoms with Gasteiger partial charge in [-0.15, -0.1) is 0 Å². The van der Waals surface area contributed by atoms with Crippen molar-refractivity contribution >= 4 is 18.0 Å². The summed E-state index contributed by atoms with van der Waals surface area (Å²) in [6, 6.07) is 16.2. The van der Waals surface area contributed by atoms with Crippen LogP contribution in [0, 0.1) is 5.41 Å². The van der Waals surface area contributed by atoms with Crippen molar-refractivity contribution in [2.75, 3.05) is 19.7 Å². The van der Waals surface area contributed by atoms with Crippen LogP contribution in [0.1, 0.15) is 57.6 Å². The lowest BCUT2D eigenvalue weighted by atomic mass is 9.87. The maximum Gasteiger partial charge on any atom is 0.407 e. The number of ether oxygens (including phenoxy) is 1. The Labute approximate surface area is 201 Å². The highest BCUT2D eigenvalue weighted by Gasteiger charge is 2.33. The number of alkyl carbamates (subject to hydrolysis) is 1. The zero-order valence-corrected chi connectivity index (χ0v) is 20.3. The maximum atomic E-state index is 13.0. The molecule has 0 unspecified atom stereocenters. The minimum Gasteiger partial charge on any atom is -0.481 e. The lowest BCUT2D eigenvalue weighted by molar-refractivity contribution is -0.144. The third-order valence-corrected chi connectivity index (χ3v) is 6.39. The van der Waals surface area contributed by atoms with E-state index in [-0.39, 0.29) is 44.0 Å². The zero-order chi connectivity index (χ0) is 24.9. The minimum atomic E-state index is -0.937. The van der Waals surface area contributed by atoms with E-state index >= 15 is 0 Å². The highest BCUT2D eigenvalue weighted by atomic mass is 16.5. The van der Waals surface area contributed by atoms with Crippen LogP contribution in [0.15, 0.2) is 48.5 Å². The molecule has 2 amide bonds. The number of nitrogens with zero attached hydrogens (tertiary/aromatic N) is 1. The summed E-state index contributed by atoms with van der Waals surface area (Å²) in [6.45, 7) is 8.03. The summed E-state index contributed by atoms with van der Waals surface area (Å²) in [6.07, 6.45) is -0.207. The van der Waals surface area contributed by atoms with Crippen molar-refractivity contribution in [3.05, 3.63) is 59.7 Å². The molecule has 2 N–H and O–H groups in total. The second-order valence-corrected chi connectivity index (χ2v) is 9.62. The summed E-state index contributed by atoms with van der Waals surface area (Å²) >= 11 is 0. The number of carboxylic acids is 1. The minimum absolute atomic E-state index is 0.00926. The van der Waals surface area contributed by atoms with Gasteiger partial charge in [-0.3, -0.25) is 9.59 Å². The van der Waals surface area contributed by atoms with Crippen LogP contribution in [0.3, 0.4) is 0 Å². The Morgan fingerprint density at radius 3 is 2.12 bits per heavy atom. The number of fused-ring (bicyclic) bond motifs is 3. The fourth-order valence-electron chi connectivity index (χ4n) is 4.43. The van der Waals surface area contributed by atoms with Gasteiger partial charge in [0.05, 0.1) is 6.42 Å². The van der Waals surface area contributed by atoms with Crippen molar-refractivity contribution < 1.29 is 24.2 Å². The molecule has 0 fully saturated rings. The summed E-state index contributed by atoms with van der Waals surface area (Å²) in [5, 5.41) is 11.7. The highest BCUT2D eigenvalue weighted by Crippen LogP contribution is 2.44. The van der Waals surface area contributed by atoms with Gasteiger partial charge in [0.25, 0.3) is 0 Å². The third kappa shape index (κ3) is 5.76. The Bertz CT molecular complexity index is 1000. The first kappa shape index (κ1) is 25.3. The quantitative estimate of drug-likeness (QED) is 0.531. The number of amides is 2. The molecule has 0 radical (unpaired) electrons. The number of carbonyl (C=O) groups excluding carboxylic acids is 2. The van der Waals surface area contributed by atoms with E-state index in [9.17, 15) is 14.4 Å². The van der Waals surface area contributed by atoms with Crippen molar-refractivity contribution in [2.24, 2.45) is 5.41 Å². The van der Waals surface area contributed by atoms with Gasteiger partial charge in [-0.25, -0.2) is 4.79 Å². The van der Waals surface area contributed by atoms with Crippen molar-refractivity contribution in [1.29, 1.82) is 0 Å². The van der Waals surface area contributed by atoms with Crippen LogP contribution in [0.25, 0.3) is 11.1 Å². The van der Waals surface area contributed by atoms with Crippen LogP contribution in [-0.4, -0.2) is 53.7 Å². The molecule has 1 aliphatic carbocycles. The van der Waals surface area contributed by atoms with E-state index in [0.29, 0.717) is 6.42 Å². The van der Waals surface area contributed by atoms with Crippen molar-refractivity contribution in [1.82, 2.24) is 10.2 Å². The van der Waals surface area contributed by atoms with Crippen molar-refractivity contribution in [2.45, 2.75) is 52.5 Å². The van der Waals surface area contributed by atoms with Crippen LogP contribution >= 0.6 is 0 Å². The number of carboxylic acid groups (broad SMARTS) is 1. The number of aliphatic carboxylic acids is 1. The van der Waals surface area contributed by atoms with Gasteiger partial charge in [-0.05, 0) is 42.5 Å². The molecule has 0 aromatic heterocycles. The van der Waals surface area contributed by atoms with Gasteiger partial charge < -0.3 is 20.1 Å². The van der Waals surface area contributed by atoms with Gasteiger partial charge in [-0.2, -0.15) is 0 Å². The van der Waals surface area contributed by atoms with E-state index in [2.05, 4.69) is 29.6 Å². The van der Waals surface area contributed by atoms with Gasteiger partial charge in [0.15, 0.2) is 0 Å². The number of nitrogens with one attached hydrogen (secondary N) is 1. The van der Waals surface area contributed by atoms with Gasteiger partial charge >= 0.3 is 12.1 Å². The smallest absolute Gasteiger partial charge is 0.407 e. The molecule has 2 aromatic rings. The summed E-state index contributed by atoms with van der Waals surface area (Å²) in [7, 11) is 0. The number of hydrogen-bond acceptors (Lipinski definition) is 4. The standard InChI is InChI=1S/C27H34N2O5/c1-18(2)29(16-13-24(30)31)25(32)27(3,4)14-15-28-26(33)34-17-23-21-11-7-5-9-19(21)20-10-6-8-12-22(20)23/h5-12,18,23H,13-17H2,1-4H3,(H,28,33)(H,30,31). The first-order valence-corrected chi connectivity index (χ1v) is 11.7. The van der Waals surface area contributed by atoms with Crippen LogP contribution in [0.4, 0.5) is 4.79 Å². The first-order valence-electron chi connectivity index (χ1n) is 11.7. The predicted molar refractivity (Wildman–Crippen MR) is 131 cm³/mol. The molecular formula is C27H34N2O5. The monoisotopic (exact) mass is 466 g/mol. The molecule has 0 bridgehead atoms. The molecule has 0 aliphatic heterocycles. The molecule has 0 heterocycles. The second kappa shape index (κ2) is 10.7. The van der Waals surface area contributed by atoms with E-state index in [1.54, 1.807) is 4.90 Å². The Balaban J connectivity index is 1.52. The fourth-order valence-corrected chi connectivity index (χ4v) is 4.43. The van der Waals surface area contributed by atoms with Crippen LogP contribution in [0.2, 0.25) is 0 Å². The molecule has 2 aromatic carbocycles. The van der Waals surface area contributed by atoms with E-state index in [1.165, 1.54) is 11.1 Å². The number of benzene rings is 2. The lowest BCUT2D eigenvalue weighted by Gasteiger charge is -2.34. The Hall–Kier alpha value is -3.35. The van der Waals surface area contributed by atoms with Gasteiger partial charge in [0.2, 0.25) is 5.91 Å². The fraction of sp³-hybridized carbons (Fsp3) is 0.444. The Morgan fingerprint density at radius 2 is 1.59 bits per heavy atom. The number of rotatable bonds is 10. The molecule has 7 nitrogen and oxygen atoms in total. The highest BCUT2D eigenvalue weighted by molar-refractivity contribution is 5.83. The Morgan fingerprint density at radius 1 is 1.03 bits per heavy atom. The van der Waals surface area contributed by atoms with Gasteiger partial charge in [0.1, 0.15) is 6.61 Å². The molecule has 34 heavy (non-hydrogen) atoms. The summed E-state index contributed by atoms with van der Waals surface area (Å²) in [4.78, 5) is 37.9. The second-order valence-electron chi connectivity index (χ2n) is 9.62. The van der Waals surface area contributed by atoms with Crippen LogP contribution in [0.5, 0.6) is 0 Å².